The van der Waals surface area contributed by atoms with Crippen LogP contribution in [0.2, 0.25) is 0 Å². The zero-order chi connectivity index (χ0) is 12.3. The molecule has 0 spiro atoms. The van der Waals surface area contributed by atoms with Crippen LogP contribution < -0.4 is 10.5 Å². The fraction of sp³-hybridized carbons (Fsp3) is 0. The van der Waals surface area contributed by atoms with Crippen LogP contribution in [0.15, 0.2) is 42.6 Å². The topological polar surface area (TPSA) is 65.2 Å². The van der Waals surface area contributed by atoms with E-state index in [1.165, 1.54) is 42.6 Å². The number of carbonyl (C=O) groups is 1. The first kappa shape index (κ1) is 11.1. The van der Waals surface area contributed by atoms with Gasteiger partial charge in [0.15, 0.2) is 0 Å². The number of primary amides is 1. The van der Waals surface area contributed by atoms with Crippen LogP contribution in [0.4, 0.5) is 4.39 Å². The molecule has 86 valence electrons. The van der Waals surface area contributed by atoms with Gasteiger partial charge in [-0.1, -0.05) is 0 Å². The number of benzene rings is 1. The van der Waals surface area contributed by atoms with Gasteiger partial charge >= 0.3 is 0 Å². The van der Waals surface area contributed by atoms with Crippen molar-refractivity contribution < 1.29 is 13.9 Å². The molecule has 0 fully saturated rings. The number of hydrogen-bond donors (Lipinski definition) is 1. The van der Waals surface area contributed by atoms with Crippen molar-refractivity contribution in [3.63, 3.8) is 0 Å². The number of nitrogens with zero attached hydrogens (tertiary/aromatic N) is 1. The first-order valence-electron chi connectivity index (χ1n) is 4.84. The van der Waals surface area contributed by atoms with Crippen molar-refractivity contribution in [2.45, 2.75) is 0 Å². The van der Waals surface area contributed by atoms with Gasteiger partial charge in [0, 0.05) is 12.3 Å². The Morgan fingerprint density at radius 1 is 1.18 bits per heavy atom. The van der Waals surface area contributed by atoms with Crippen LogP contribution >= 0.6 is 0 Å². The molecule has 1 aromatic heterocycles. The van der Waals surface area contributed by atoms with Crippen molar-refractivity contribution in [3.8, 4) is 11.6 Å². The largest absolute Gasteiger partial charge is 0.439 e. The molecular formula is C12H9FN2O2. The lowest BCUT2D eigenvalue weighted by atomic mass is 10.3. The number of pyridine rings is 1. The molecule has 0 saturated carbocycles. The quantitative estimate of drug-likeness (QED) is 0.881. The Hall–Kier alpha value is -2.43. The predicted molar refractivity (Wildman–Crippen MR) is 59.2 cm³/mol. The summed E-state index contributed by atoms with van der Waals surface area (Å²) in [6.07, 6.45) is 1.32. The smallest absolute Gasteiger partial charge is 0.250 e. The van der Waals surface area contributed by atoms with Gasteiger partial charge in [-0.05, 0) is 30.3 Å². The summed E-state index contributed by atoms with van der Waals surface area (Å²) in [4.78, 5) is 14.7. The summed E-state index contributed by atoms with van der Waals surface area (Å²) in [5.41, 5.74) is 5.37. The Bertz CT molecular complexity index is 523. The standard InChI is InChI=1S/C12H9FN2O2/c13-9-2-4-10(5-3-9)17-11-6-1-8(7-15-11)12(14)16/h1-7H,(H2,14,16). The van der Waals surface area contributed by atoms with E-state index in [0.29, 0.717) is 17.2 Å². The lowest BCUT2D eigenvalue weighted by Crippen LogP contribution is -2.10. The molecular weight excluding hydrogens is 223 g/mol. The van der Waals surface area contributed by atoms with Gasteiger partial charge in [0.25, 0.3) is 0 Å². The molecule has 2 N–H and O–H groups in total. The molecule has 0 aliphatic heterocycles. The molecule has 17 heavy (non-hydrogen) atoms. The zero-order valence-corrected chi connectivity index (χ0v) is 8.76. The van der Waals surface area contributed by atoms with Gasteiger partial charge in [0.05, 0.1) is 5.56 Å². The second kappa shape index (κ2) is 4.61. The molecule has 1 heterocycles. The Balaban J connectivity index is 2.13. The molecule has 0 saturated heterocycles. The lowest BCUT2D eigenvalue weighted by molar-refractivity contribution is 0.1000. The minimum Gasteiger partial charge on any atom is -0.439 e. The average Bonchev–Trinajstić information content (AvgIpc) is 2.33. The normalized spacial score (nSPS) is 9.94. The second-order valence-electron chi connectivity index (χ2n) is 3.31. The minimum atomic E-state index is -0.550. The number of carbonyl (C=O) groups excluding carboxylic acids is 1. The predicted octanol–water partition coefficient (Wildman–Crippen LogP) is 2.11. The van der Waals surface area contributed by atoms with E-state index < -0.39 is 5.91 Å². The maximum absolute atomic E-state index is 12.6. The molecule has 0 radical (unpaired) electrons. The molecule has 5 heteroatoms. The molecule has 0 bridgehead atoms. The highest BCUT2D eigenvalue weighted by Crippen LogP contribution is 2.19. The van der Waals surface area contributed by atoms with Crippen LogP contribution in [0.1, 0.15) is 10.4 Å². The summed E-state index contributed by atoms with van der Waals surface area (Å²) in [5, 5.41) is 0. The number of nitrogens with two attached hydrogens (primary N) is 1. The van der Waals surface area contributed by atoms with E-state index in [2.05, 4.69) is 4.98 Å². The number of aromatic nitrogens is 1. The van der Waals surface area contributed by atoms with E-state index in [1.54, 1.807) is 0 Å². The van der Waals surface area contributed by atoms with E-state index in [9.17, 15) is 9.18 Å². The number of halogens is 1. The molecule has 2 rings (SSSR count). The van der Waals surface area contributed by atoms with Gasteiger partial charge in [-0.2, -0.15) is 0 Å². The first-order valence-corrected chi connectivity index (χ1v) is 4.84. The Labute approximate surface area is 96.9 Å². The van der Waals surface area contributed by atoms with Gasteiger partial charge in [-0.15, -0.1) is 0 Å². The highest BCUT2D eigenvalue weighted by atomic mass is 19.1. The monoisotopic (exact) mass is 232 g/mol. The summed E-state index contributed by atoms with van der Waals surface area (Å²) < 4.78 is 18.0. The molecule has 1 amide bonds. The van der Waals surface area contributed by atoms with Gasteiger partial charge in [-0.25, -0.2) is 9.37 Å². The number of ether oxygens (including phenoxy) is 1. The van der Waals surface area contributed by atoms with E-state index in [-0.39, 0.29) is 5.82 Å². The Kier molecular flexibility index (Phi) is 3.00. The fourth-order valence-electron chi connectivity index (χ4n) is 1.21. The molecule has 1 aromatic carbocycles. The van der Waals surface area contributed by atoms with Gasteiger partial charge in [0.2, 0.25) is 11.8 Å². The fourth-order valence-corrected chi connectivity index (χ4v) is 1.21. The van der Waals surface area contributed by atoms with Crippen molar-refractivity contribution in [3.05, 3.63) is 54.0 Å². The van der Waals surface area contributed by atoms with Crippen molar-refractivity contribution >= 4 is 5.91 Å². The zero-order valence-electron chi connectivity index (χ0n) is 8.76. The molecule has 0 aliphatic rings. The van der Waals surface area contributed by atoms with Crippen LogP contribution in [0.5, 0.6) is 11.6 Å². The van der Waals surface area contributed by atoms with E-state index in [1.807, 2.05) is 0 Å². The van der Waals surface area contributed by atoms with Crippen LogP contribution in [0.25, 0.3) is 0 Å². The number of amides is 1. The maximum atomic E-state index is 12.6. The maximum Gasteiger partial charge on any atom is 0.250 e. The molecule has 0 aliphatic carbocycles. The van der Waals surface area contributed by atoms with Crippen LogP contribution in [-0.2, 0) is 0 Å². The van der Waals surface area contributed by atoms with Gasteiger partial charge in [0.1, 0.15) is 11.6 Å². The second-order valence-corrected chi connectivity index (χ2v) is 3.31. The highest BCUT2D eigenvalue weighted by Gasteiger charge is 2.02. The molecule has 0 unspecified atom stereocenters. The van der Waals surface area contributed by atoms with E-state index in [0.717, 1.165) is 0 Å². The highest BCUT2D eigenvalue weighted by molar-refractivity contribution is 5.92. The molecule has 4 nitrogen and oxygen atoms in total. The van der Waals surface area contributed by atoms with Crippen molar-refractivity contribution in [1.82, 2.24) is 4.98 Å². The van der Waals surface area contributed by atoms with Crippen molar-refractivity contribution in [2.75, 3.05) is 0 Å². The van der Waals surface area contributed by atoms with Crippen LogP contribution in [0.3, 0.4) is 0 Å². The summed E-state index contributed by atoms with van der Waals surface area (Å²) in [6.45, 7) is 0. The summed E-state index contributed by atoms with van der Waals surface area (Å²) in [6, 6.07) is 8.57. The summed E-state index contributed by atoms with van der Waals surface area (Å²) in [5.74, 6) is -0.118. The average molecular weight is 232 g/mol. The van der Waals surface area contributed by atoms with Crippen LogP contribution in [0, 0.1) is 5.82 Å². The summed E-state index contributed by atoms with van der Waals surface area (Å²) in [7, 11) is 0. The third kappa shape index (κ3) is 2.78. The summed E-state index contributed by atoms with van der Waals surface area (Å²) >= 11 is 0. The van der Waals surface area contributed by atoms with E-state index in [4.69, 9.17) is 10.5 Å². The minimum absolute atomic E-state index is 0.302. The van der Waals surface area contributed by atoms with Crippen LogP contribution in [-0.4, -0.2) is 10.9 Å². The third-order valence-electron chi connectivity index (χ3n) is 2.06. The van der Waals surface area contributed by atoms with Crippen molar-refractivity contribution in [1.29, 1.82) is 0 Å². The van der Waals surface area contributed by atoms with Gasteiger partial charge in [-0.3, -0.25) is 4.79 Å². The van der Waals surface area contributed by atoms with E-state index >= 15 is 0 Å². The Morgan fingerprint density at radius 2 is 1.88 bits per heavy atom. The SMILES string of the molecule is NC(=O)c1ccc(Oc2ccc(F)cc2)nc1. The lowest BCUT2D eigenvalue weighted by Gasteiger charge is -2.04. The molecule has 2 aromatic rings. The van der Waals surface area contributed by atoms with Crippen molar-refractivity contribution in [2.24, 2.45) is 5.73 Å². The molecule has 0 atom stereocenters. The first-order chi connectivity index (χ1) is 8.15. The number of hydrogen-bond acceptors (Lipinski definition) is 3. The van der Waals surface area contributed by atoms with Gasteiger partial charge < -0.3 is 10.5 Å². The third-order valence-corrected chi connectivity index (χ3v) is 2.06. The Morgan fingerprint density at radius 3 is 2.41 bits per heavy atom. The number of rotatable bonds is 3.